The molecule has 0 saturated carbocycles. The number of carbonyl (C=O) groups is 3. The van der Waals surface area contributed by atoms with Crippen LogP contribution in [0.4, 0.5) is 11.4 Å². The number of ether oxygens (including phenoxy) is 1. The summed E-state index contributed by atoms with van der Waals surface area (Å²) in [6.45, 7) is 1.90. The van der Waals surface area contributed by atoms with Crippen molar-refractivity contribution in [3.05, 3.63) is 23.8 Å². The van der Waals surface area contributed by atoms with E-state index in [1.807, 2.05) is 6.92 Å². The van der Waals surface area contributed by atoms with Gasteiger partial charge in [0.2, 0.25) is 11.8 Å². The van der Waals surface area contributed by atoms with Gasteiger partial charge in [-0.3, -0.25) is 14.9 Å². The Labute approximate surface area is 122 Å². The van der Waals surface area contributed by atoms with E-state index in [1.165, 1.54) is 13.2 Å². The van der Waals surface area contributed by atoms with E-state index in [1.54, 1.807) is 17.0 Å². The van der Waals surface area contributed by atoms with Gasteiger partial charge in [-0.1, -0.05) is 6.92 Å². The molecule has 1 saturated heterocycles. The minimum atomic E-state index is -0.560. The third-order valence-corrected chi connectivity index (χ3v) is 3.42. The van der Waals surface area contributed by atoms with E-state index in [0.717, 1.165) is 0 Å². The summed E-state index contributed by atoms with van der Waals surface area (Å²) in [5, 5.41) is 2.30. The average molecular weight is 291 g/mol. The summed E-state index contributed by atoms with van der Waals surface area (Å²) in [7, 11) is 1.27. The van der Waals surface area contributed by atoms with Crippen LogP contribution in [0.5, 0.6) is 0 Å². The minimum Gasteiger partial charge on any atom is -0.465 e. The second-order valence-corrected chi connectivity index (χ2v) is 4.73. The van der Waals surface area contributed by atoms with E-state index >= 15 is 0 Å². The first kappa shape index (κ1) is 14.8. The van der Waals surface area contributed by atoms with Gasteiger partial charge in [-0.2, -0.15) is 0 Å². The number of rotatable bonds is 3. The molecule has 1 aliphatic heterocycles. The van der Waals surface area contributed by atoms with Gasteiger partial charge in [-0.05, 0) is 24.6 Å². The Balaban J connectivity index is 2.42. The molecule has 112 valence electrons. The molecular weight excluding hydrogens is 274 g/mol. The minimum absolute atomic E-state index is 0.0504. The summed E-state index contributed by atoms with van der Waals surface area (Å²) < 4.78 is 4.67. The van der Waals surface area contributed by atoms with Crippen LogP contribution in [-0.2, 0) is 14.3 Å². The SMILES string of the molecule is CCC1C(=O)NC(=O)CN1c1ccc(N)c(C(=O)OC)c1. The van der Waals surface area contributed by atoms with Crippen LogP contribution in [0.15, 0.2) is 18.2 Å². The smallest absolute Gasteiger partial charge is 0.340 e. The highest BCUT2D eigenvalue weighted by molar-refractivity contribution is 6.05. The van der Waals surface area contributed by atoms with Gasteiger partial charge >= 0.3 is 5.97 Å². The Hall–Kier alpha value is -2.57. The second-order valence-electron chi connectivity index (χ2n) is 4.73. The van der Waals surface area contributed by atoms with Gasteiger partial charge in [0.1, 0.15) is 6.04 Å². The molecule has 0 radical (unpaired) electrons. The molecule has 2 amide bonds. The van der Waals surface area contributed by atoms with Crippen molar-refractivity contribution in [2.24, 2.45) is 0 Å². The molecule has 3 N–H and O–H groups in total. The molecule has 2 rings (SSSR count). The van der Waals surface area contributed by atoms with Crippen molar-refractivity contribution in [1.82, 2.24) is 5.32 Å². The molecule has 1 aromatic carbocycles. The van der Waals surface area contributed by atoms with Crippen molar-refractivity contribution in [3.8, 4) is 0 Å². The van der Waals surface area contributed by atoms with Crippen LogP contribution < -0.4 is 16.0 Å². The number of nitrogens with two attached hydrogens (primary N) is 1. The van der Waals surface area contributed by atoms with Crippen LogP contribution in [0.3, 0.4) is 0 Å². The molecule has 21 heavy (non-hydrogen) atoms. The molecule has 7 nitrogen and oxygen atoms in total. The lowest BCUT2D eigenvalue weighted by atomic mass is 10.1. The first-order valence-electron chi connectivity index (χ1n) is 6.56. The summed E-state index contributed by atoms with van der Waals surface area (Å²) in [6.07, 6.45) is 0.539. The van der Waals surface area contributed by atoms with Crippen molar-refractivity contribution in [2.45, 2.75) is 19.4 Å². The molecule has 1 aliphatic rings. The highest BCUT2D eigenvalue weighted by atomic mass is 16.5. The van der Waals surface area contributed by atoms with E-state index in [-0.39, 0.29) is 29.6 Å². The topological polar surface area (TPSA) is 102 Å². The predicted molar refractivity (Wildman–Crippen MR) is 76.8 cm³/mol. The number of benzene rings is 1. The van der Waals surface area contributed by atoms with Gasteiger partial charge in [-0.15, -0.1) is 0 Å². The third kappa shape index (κ3) is 2.81. The van der Waals surface area contributed by atoms with Crippen LogP contribution in [-0.4, -0.2) is 37.5 Å². The third-order valence-electron chi connectivity index (χ3n) is 3.42. The molecule has 0 spiro atoms. The molecule has 0 bridgehead atoms. The fourth-order valence-electron chi connectivity index (χ4n) is 2.35. The number of methoxy groups -OCH3 is 1. The molecular formula is C14H17N3O4. The first-order chi connectivity index (χ1) is 9.97. The number of nitrogens with one attached hydrogen (secondary N) is 1. The predicted octanol–water partition coefficient (Wildman–Crippen LogP) is 0.297. The Morgan fingerprint density at radius 3 is 2.81 bits per heavy atom. The van der Waals surface area contributed by atoms with E-state index in [2.05, 4.69) is 10.1 Å². The molecule has 1 aromatic rings. The van der Waals surface area contributed by atoms with Crippen molar-refractivity contribution >= 4 is 29.2 Å². The van der Waals surface area contributed by atoms with Crippen molar-refractivity contribution in [1.29, 1.82) is 0 Å². The summed E-state index contributed by atoms with van der Waals surface area (Å²) in [4.78, 5) is 36.8. The zero-order valence-electron chi connectivity index (χ0n) is 11.9. The molecule has 1 atom stereocenters. The average Bonchev–Trinajstić information content (AvgIpc) is 2.46. The summed E-state index contributed by atoms with van der Waals surface area (Å²) >= 11 is 0. The number of imide groups is 1. The molecule has 1 heterocycles. The molecule has 1 fully saturated rings. The second kappa shape index (κ2) is 5.82. The number of nitrogen functional groups attached to an aromatic ring is 1. The summed E-state index contributed by atoms with van der Waals surface area (Å²) in [5.41, 5.74) is 6.83. The lowest BCUT2D eigenvalue weighted by Gasteiger charge is -2.35. The van der Waals surface area contributed by atoms with Crippen molar-refractivity contribution < 1.29 is 19.1 Å². The standard InChI is InChI=1S/C14H17N3O4/c1-3-11-13(19)16-12(18)7-17(11)8-4-5-10(15)9(6-8)14(20)21-2/h4-6,11H,3,7,15H2,1-2H3,(H,16,18,19). The first-order valence-corrected chi connectivity index (χ1v) is 6.56. The van der Waals surface area contributed by atoms with Gasteiger partial charge < -0.3 is 15.4 Å². The number of anilines is 2. The van der Waals surface area contributed by atoms with Crippen molar-refractivity contribution in [2.75, 3.05) is 24.3 Å². The van der Waals surface area contributed by atoms with E-state index in [9.17, 15) is 14.4 Å². The van der Waals surface area contributed by atoms with Gasteiger partial charge in [0.25, 0.3) is 0 Å². The lowest BCUT2D eigenvalue weighted by molar-refractivity contribution is -0.132. The van der Waals surface area contributed by atoms with Crippen LogP contribution in [0.25, 0.3) is 0 Å². The quantitative estimate of drug-likeness (QED) is 0.472. The Morgan fingerprint density at radius 1 is 1.48 bits per heavy atom. The fourth-order valence-corrected chi connectivity index (χ4v) is 2.35. The highest BCUT2D eigenvalue weighted by Crippen LogP contribution is 2.25. The van der Waals surface area contributed by atoms with Crippen molar-refractivity contribution in [3.63, 3.8) is 0 Å². The number of carbonyl (C=O) groups excluding carboxylic acids is 3. The van der Waals surface area contributed by atoms with E-state index in [4.69, 9.17) is 5.73 Å². The number of hydrogen-bond acceptors (Lipinski definition) is 6. The van der Waals surface area contributed by atoms with Gasteiger partial charge in [0.05, 0.1) is 19.2 Å². The maximum absolute atomic E-state index is 11.9. The number of hydrogen-bond donors (Lipinski definition) is 2. The zero-order chi connectivity index (χ0) is 15.6. The Kier molecular flexibility index (Phi) is 4.11. The summed E-state index contributed by atoms with van der Waals surface area (Å²) in [5.74, 6) is -1.28. The Morgan fingerprint density at radius 2 is 2.19 bits per heavy atom. The van der Waals surface area contributed by atoms with Gasteiger partial charge in [0.15, 0.2) is 0 Å². The van der Waals surface area contributed by atoms with Gasteiger partial charge in [-0.25, -0.2) is 4.79 Å². The van der Waals surface area contributed by atoms with Crippen LogP contribution in [0.2, 0.25) is 0 Å². The zero-order valence-corrected chi connectivity index (χ0v) is 11.9. The number of esters is 1. The van der Waals surface area contributed by atoms with Crippen LogP contribution in [0, 0.1) is 0 Å². The number of piperazine rings is 1. The van der Waals surface area contributed by atoms with E-state index in [0.29, 0.717) is 12.1 Å². The molecule has 7 heteroatoms. The van der Waals surface area contributed by atoms with Crippen LogP contribution >= 0.6 is 0 Å². The number of amides is 2. The van der Waals surface area contributed by atoms with Gasteiger partial charge in [0, 0.05) is 11.4 Å². The maximum Gasteiger partial charge on any atom is 0.340 e. The Bertz CT molecular complexity index is 600. The highest BCUT2D eigenvalue weighted by Gasteiger charge is 2.32. The van der Waals surface area contributed by atoms with E-state index < -0.39 is 12.0 Å². The fraction of sp³-hybridized carbons (Fsp3) is 0.357. The number of nitrogens with zero attached hydrogens (tertiary/aromatic N) is 1. The normalized spacial score (nSPS) is 18.4. The maximum atomic E-state index is 11.9. The monoisotopic (exact) mass is 291 g/mol. The lowest BCUT2D eigenvalue weighted by Crippen LogP contribution is -2.58. The largest absolute Gasteiger partial charge is 0.465 e. The molecule has 0 aromatic heterocycles. The summed E-state index contributed by atoms with van der Waals surface area (Å²) in [6, 6.07) is 4.31. The molecule has 1 unspecified atom stereocenters. The van der Waals surface area contributed by atoms with Crippen LogP contribution in [0.1, 0.15) is 23.7 Å². The molecule has 0 aliphatic carbocycles.